The van der Waals surface area contributed by atoms with E-state index in [0.29, 0.717) is 24.6 Å². The van der Waals surface area contributed by atoms with Crippen LogP contribution in [-0.2, 0) is 9.84 Å². The van der Waals surface area contributed by atoms with Crippen LogP contribution in [0.25, 0.3) is 0 Å². The summed E-state index contributed by atoms with van der Waals surface area (Å²) in [6.07, 6.45) is 9.62. The van der Waals surface area contributed by atoms with Gasteiger partial charge in [0.1, 0.15) is 0 Å². The van der Waals surface area contributed by atoms with Crippen LogP contribution < -0.4 is 10.6 Å². The van der Waals surface area contributed by atoms with Crippen molar-refractivity contribution in [3.05, 3.63) is 0 Å². The first-order chi connectivity index (χ1) is 11.6. The van der Waals surface area contributed by atoms with Gasteiger partial charge in [0, 0.05) is 39.8 Å². The van der Waals surface area contributed by atoms with Gasteiger partial charge in [0.25, 0.3) is 0 Å². The minimum Gasteiger partial charge on any atom is -0.356 e. The zero-order chi connectivity index (χ0) is 17.3. The summed E-state index contributed by atoms with van der Waals surface area (Å²) in [5.41, 5.74) is 0. The summed E-state index contributed by atoms with van der Waals surface area (Å²) >= 11 is 0. The summed E-state index contributed by atoms with van der Waals surface area (Å²) in [6, 6.07) is 0. The topological polar surface area (TPSA) is 73.8 Å². The highest BCUT2D eigenvalue weighted by Gasteiger charge is 2.20. The van der Waals surface area contributed by atoms with Crippen LogP contribution in [0, 0.1) is 5.92 Å². The number of sulfone groups is 1. The highest BCUT2D eigenvalue weighted by Crippen LogP contribution is 2.26. The third-order valence-electron chi connectivity index (χ3n) is 5.19. The minimum atomic E-state index is -2.78. The fourth-order valence-corrected chi connectivity index (χ4v) is 4.88. The first-order valence-corrected chi connectivity index (χ1v) is 11.3. The summed E-state index contributed by atoms with van der Waals surface area (Å²) in [5, 5.41) is 6.71. The molecule has 0 bridgehead atoms. The first kappa shape index (κ1) is 19.5. The standard InChI is InChI=1S/C17H34N4O2S/c1-18-17(19-9-5-8-16-6-3-2-4-7-16)20-10-11-21-12-14-24(22,23)15-13-21/h16H,2-15H2,1H3,(H2,18,19,20). The van der Waals surface area contributed by atoms with Gasteiger partial charge in [-0.05, 0) is 18.8 Å². The monoisotopic (exact) mass is 358 g/mol. The molecule has 2 rings (SSSR count). The smallest absolute Gasteiger partial charge is 0.191 e. The summed E-state index contributed by atoms with van der Waals surface area (Å²) in [7, 11) is -0.989. The van der Waals surface area contributed by atoms with Crippen molar-refractivity contribution < 1.29 is 8.42 Å². The Hall–Kier alpha value is -0.820. The number of aliphatic imine (C=N–C) groups is 1. The molecule has 1 aliphatic heterocycles. The fraction of sp³-hybridized carbons (Fsp3) is 0.941. The van der Waals surface area contributed by atoms with E-state index < -0.39 is 9.84 Å². The van der Waals surface area contributed by atoms with E-state index in [1.165, 1.54) is 44.9 Å². The van der Waals surface area contributed by atoms with Gasteiger partial charge in [-0.25, -0.2) is 8.42 Å². The Labute approximate surface area is 147 Å². The number of rotatable bonds is 7. The maximum absolute atomic E-state index is 11.4. The van der Waals surface area contributed by atoms with E-state index in [2.05, 4.69) is 20.5 Å². The van der Waals surface area contributed by atoms with Crippen molar-refractivity contribution in [2.24, 2.45) is 10.9 Å². The van der Waals surface area contributed by atoms with Gasteiger partial charge in [0.2, 0.25) is 0 Å². The van der Waals surface area contributed by atoms with E-state index in [-0.39, 0.29) is 0 Å². The van der Waals surface area contributed by atoms with Gasteiger partial charge in [-0.3, -0.25) is 9.89 Å². The molecule has 0 aromatic rings. The molecular formula is C17H34N4O2S. The van der Waals surface area contributed by atoms with Crippen molar-refractivity contribution in [1.29, 1.82) is 0 Å². The first-order valence-electron chi connectivity index (χ1n) is 9.46. The van der Waals surface area contributed by atoms with Crippen molar-refractivity contribution in [3.8, 4) is 0 Å². The van der Waals surface area contributed by atoms with Crippen LogP contribution in [0.4, 0.5) is 0 Å². The lowest BCUT2D eigenvalue weighted by Gasteiger charge is -2.26. The molecule has 0 amide bonds. The van der Waals surface area contributed by atoms with Gasteiger partial charge >= 0.3 is 0 Å². The average molecular weight is 359 g/mol. The molecule has 1 aliphatic carbocycles. The lowest BCUT2D eigenvalue weighted by molar-refractivity contribution is 0.299. The molecule has 24 heavy (non-hydrogen) atoms. The second-order valence-electron chi connectivity index (χ2n) is 7.07. The number of guanidine groups is 1. The second-order valence-corrected chi connectivity index (χ2v) is 9.37. The molecule has 2 fully saturated rings. The Morgan fingerprint density at radius 3 is 2.42 bits per heavy atom. The fourth-order valence-electron chi connectivity index (χ4n) is 3.60. The largest absolute Gasteiger partial charge is 0.356 e. The average Bonchev–Trinajstić information content (AvgIpc) is 2.59. The van der Waals surface area contributed by atoms with E-state index in [1.54, 1.807) is 7.05 Å². The van der Waals surface area contributed by atoms with Crippen LogP contribution in [0.5, 0.6) is 0 Å². The van der Waals surface area contributed by atoms with Crippen LogP contribution in [0.1, 0.15) is 44.9 Å². The van der Waals surface area contributed by atoms with Crippen LogP contribution >= 0.6 is 0 Å². The second kappa shape index (κ2) is 10.2. The highest BCUT2D eigenvalue weighted by molar-refractivity contribution is 7.91. The Balaban J connectivity index is 1.52. The molecule has 2 aliphatic rings. The molecule has 140 valence electrons. The zero-order valence-electron chi connectivity index (χ0n) is 15.1. The van der Waals surface area contributed by atoms with Gasteiger partial charge in [0.05, 0.1) is 11.5 Å². The molecule has 0 unspecified atom stereocenters. The molecule has 1 saturated carbocycles. The lowest BCUT2D eigenvalue weighted by Crippen LogP contribution is -2.46. The number of nitrogens with one attached hydrogen (secondary N) is 2. The summed E-state index contributed by atoms with van der Waals surface area (Å²) in [5.74, 6) is 2.37. The van der Waals surface area contributed by atoms with Crippen LogP contribution in [0.3, 0.4) is 0 Å². The molecule has 0 aromatic carbocycles. The predicted octanol–water partition coefficient (Wildman–Crippen LogP) is 1.24. The molecule has 1 saturated heterocycles. The van der Waals surface area contributed by atoms with Gasteiger partial charge in [0.15, 0.2) is 15.8 Å². The van der Waals surface area contributed by atoms with Crippen molar-refractivity contribution in [2.75, 3.05) is 51.3 Å². The molecule has 0 radical (unpaired) electrons. The maximum atomic E-state index is 11.4. The number of hydrogen-bond donors (Lipinski definition) is 2. The molecule has 0 spiro atoms. The molecular weight excluding hydrogens is 324 g/mol. The molecule has 7 heteroatoms. The SMILES string of the molecule is CN=C(NCCCC1CCCCC1)NCCN1CCS(=O)(=O)CC1. The number of hydrogen-bond acceptors (Lipinski definition) is 4. The summed E-state index contributed by atoms with van der Waals surface area (Å²) in [6.45, 7) is 3.92. The zero-order valence-corrected chi connectivity index (χ0v) is 15.9. The van der Waals surface area contributed by atoms with Crippen molar-refractivity contribution in [2.45, 2.75) is 44.9 Å². The molecule has 1 heterocycles. The molecule has 0 atom stereocenters. The quantitative estimate of drug-likeness (QED) is 0.407. The van der Waals surface area contributed by atoms with Crippen molar-refractivity contribution >= 4 is 15.8 Å². The van der Waals surface area contributed by atoms with Crippen molar-refractivity contribution in [1.82, 2.24) is 15.5 Å². The molecule has 2 N–H and O–H groups in total. The Morgan fingerprint density at radius 1 is 1.08 bits per heavy atom. The maximum Gasteiger partial charge on any atom is 0.191 e. The predicted molar refractivity (Wildman–Crippen MR) is 100 cm³/mol. The third-order valence-corrected chi connectivity index (χ3v) is 6.80. The molecule has 0 aromatic heterocycles. The van der Waals surface area contributed by atoms with Crippen molar-refractivity contribution in [3.63, 3.8) is 0 Å². The van der Waals surface area contributed by atoms with Crippen LogP contribution in [0.15, 0.2) is 4.99 Å². The summed E-state index contributed by atoms with van der Waals surface area (Å²) < 4.78 is 22.8. The van der Waals surface area contributed by atoms with Gasteiger partial charge in [-0.1, -0.05) is 32.1 Å². The lowest BCUT2D eigenvalue weighted by atomic mass is 9.86. The molecule has 6 nitrogen and oxygen atoms in total. The normalized spacial score (nSPS) is 23.1. The highest BCUT2D eigenvalue weighted by atomic mass is 32.2. The number of nitrogens with zero attached hydrogens (tertiary/aromatic N) is 2. The van der Waals surface area contributed by atoms with Crippen LogP contribution in [-0.4, -0.2) is 70.6 Å². The van der Waals surface area contributed by atoms with E-state index in [9.17, 15) is 8.42 Å². The summed E-state index contributed by atoms with van der Waals surface area (Å²) in [4.78, 5) is 6.46. The van der Waals surface area contributed by atoms with E-state index >= 15 is 0 Å². The van der Waals surface area contributed by atoms with Gasteiger partial charge in [-0.15, -0.1) is 0 Å². The Morgan fingerprint density at radius 2 is 1.75 bits per heavy atom. The van der Waals surface area contributed by atoms with E-state index in [4.69, 9.17) is 0 Å². The van der Waals surface area contributed by atoms with E-state index in [1.807, 2.05) is 0 Å². The van der Waals surface area contributed by atoms with Gasteiger partial charge in [-0.2, -0.15) is 0 Å². The van der Waals surface area contributed by atoms with Gasteiger partial charge < -0.3 is 10.6 Å². The minimum absolute atomic E-state index is 0.293. The third kappa shape index (κ3) is 7.38. The van der Waals surface area contributed by atoms with Crippen LogP contribution in [0.2, 0.25) is 0 Å². The van der Waals surface area contributed by atoms with E-state index in [0.717, 1.165) is 31.5 Å². The Bertz CT molecular complexity index is 473. The Kier molecular flexibility index (Phi) is 8.32.